The Morgan fingerprint density at radius 1 is 1.56 bits per heavy atom. The van der Waals surface area contributed by atoms with Crippen LogP contribution in [0, 0.1) is 0 Å². The Bertz CT molecular complexity index is 346. The van der Waals surface area contributed by atoms with E-state index in [1.165, 1.54) is 6.08 Å². The van der Waals surface area contributed by atoms with E-state index in [-0.39, 0.29) is 19.4 Å². The van der Waals surface area contributed by atoms with Crippen LogP contribution in [0.1, 0.15) is 19.3 Å². The quantitative estimate of drug-likeness (QED) is 0.789. The van der Waals surface area contributed by atoms with Crippen LogP contribution in [0.5, 0.6) is 0 Å². The number of likely N-dealkylation sites (tertiary alicyclic amines) is 1. The molecule has 18 heavy (non-hydrogen) atoms. The number of amides is 1. The van der Waals surface area contributed by atoms with Crippen LogP contribution in [-0.4, -0.2) is 47.2 Å². The van der Waals surface area contributed by atoms with E-state index in [0.717, 1.165) is 0 Å². The summed E-state index contributed by atoms with van der Waals surface area (Å²) < 4.78 is 31.4. The summed E-state index contributed by atoms with van der Waals surface area (Å²) in [4.78, 5) is 23.1. The van der Waals surface area contributed by atoms with E-state index in [9.17, 15) is 18.4 Å². The number of carboxylic acids is 1. The molecule has 0 bridgehead atoms. The number of hydrogen-bond acceptors (Lipinski definition) is 3. The van der Waals surface area contributed by atoms with Gasteiger partial charge < -0.3 is 9.84 Å². The molecule has 1 rings (SSSR count). The number of nitrogens with zero attached hydrogens (tertiary/aromatic N) is 1. The number of hydrogen-bond donors (Lipinski definition) is 1. The number of carbonyl (C=O) groups is 2. The molecule has 5 nitrogen and oxygen atoms in total. The number of alkyl halides is 2. The summed E-state index contributed by atoms with van der Waals surface area (Å²) in [5.41, 5.74) is 0. The minimum Gasteiger partial charge on any atom is -0.480 e. The molecular weight excluding hydrogens is 248 g/mol. The molecule has 1 heterocycles. The minimum atomic E-state index is -3.09. The first-order valence-electron chi connectivity index (χ1n) is 5.52. The van der Waals surface area contributed by atoms with E-state index in [2.05, 4.69) is 11.3 Å². The van der Waals surface area contributed by atoms with E-state index in [1.807, 2.05) is 0 Å². The molecule has 1 aliphatic heterocycles. The molecule has 0 aromatic carbocycles. The maximum absolute atomic E-state index is 13.4. The SMILES string of the molecule is C=CCOC(=O)N1CC(F)(F)CCCC1C(=O)O. The number of aliphatic carboxylic acids is 1. The number of ether oxygens (including phenoxy) is 1. The summed E-state index contributed by atoms with van der Waals surface area (Å²) in [6.07, 6.45) is -0.154. The van der Waals surface area contributed by atoms with Crippen LogP contribution in [0.4, 0.5) is 13.6 Å². The lowest BCUT2D eigenvalue weighted by Gasteiger charge is -2.27. The molecule has 1 unspecified atom stereocenters. The van der Waals surface area contributed by atoms with Crippen LogP contribution in [0.15, 0.2) is 12.7 Å². The molecule has 1 fully saturated rings. The van der Waals surface area contributed by atoms with Crippen LogP contribution < -0.4 is 0 Å². The van der Waals surface area contributed by atoms with E-state index < -0.39 is 37.0 Å². The molecule has 0 aromatic rings. The number of carboxylic acid groups (broad SMARTS) is 1. The van der Waals surface area contributed by atoms with Gasteiger partial charge in [-0.05, 0) is 12.8 Å². The maximum atomic E-state index is 13.4. The molecule has 1 amide bonds. The van der Waals surface area contributed by atoms with Gasteiger partial charge in [-0.2, -0.15) is 0 Å². The van der Waals surface area contributed by atoms with Gasteiger partial charge in [-0.3, -0.25) is 4.90 Å². The van der Waals surface area contributed by atoms with Crippen molar-refractivity contribution in [2.24, 2.45) is 0 Å². The molecule has 1 aliphatic rings. The van der Waals surface area contributed by atoms with Crippen molar-refractivity contribution >= 4 is 12.1 Å². The van der Waals surface area contributed by atoms with Gasteiger partial charge in [-0.15, -0.1) is 0 Å². The smallest absolute Gasteiger partial charge is 0.411 e. The van der Waals surface area contributed by atoms with Crippen molar-refractivity contribution in [3.05, 3.63) is 12.7 Å². The molecule has 7 heteroatoms. The number of rotatable bonds is 3. The predicted octanol–water partition coefficient (Wildman–Crippen LogP) is 1.88. The Balaban J connectivity index is 2.86. The average molecular weight is 263 g/mol. The number of carbonyl (C=O) groups excluding carboxylic acids is 1. The lowest BCUT2D eigenvalue weighted by molar-refractivity contribution is -0.143. The van der Waals surface area contributed by atoms with Gasteiger partial charge in [-0.1, -0.05) is 12.7 Å². The van der Waals surface area contributed by atoms with Crippen LogP contribution in [0.25, 0.3) is 0 Å². The average Bonchev–Trinajstić information content (AvgIpc) is 2.44. The fourth-order valence-electron chi connectivity index (χ4n) is 1.81. The van der Waals surface area contributed by atoms with Crippen molar-refractivity contribution in [3.8, 4) is 0 Å². The van der Waals surface area contributed by atoms with Crippen LogP contribution in [0.3, 0.4) is 0 Å². The van der Waals surface area contributed by atoms with Crippen molar-refractivity contribution in [3.63, 3.8) is 0 Å². The molecule has 0 radical (unpaired) electrons. The van der Waals surface area contributed by atoms with Crippen molar-refractivity contribution in [2.75, 3.05) is 13.2 Å². The van der Waals surface area contributed by atoms with Gasteiger partial charge in [0.1, 0.15) is 12.6 Å². The first kappa shape index (κ1) is 14.4. The Labute approximate surface area is 103 Å². The van der Waals surface area contributed by atoms with E-state index in [4.69, 9.17) is 5.11 Å². The van der Waals surface area contributed by atoms with E-state index >= 15 is 0 Å². The van der Waals surface area contributed by atoms with Gasteiger partial charge in [0.15, 0.2) is 0 Å². The summed E-state index contributed by atoms with van der Waals surface area (Å²) >= 11 is 0. The fourth-order valence-corrected chi connectivity index (χ4v) is 1.81. The van der Waals surface area contributed by atoms with Gasteiger partial charge in [0.2, 0.25) is 0 Å². The summed E-state index contributed by atoms with van der Waals surface area (Å²) in [5.74, 6) is -4.39. The monoisotopic (exact) mass is 263 g/mol. The molecule has 1 N–H and O–H groups in total. The topological polar surface area (TPSA) is 66.8 Å². The lowest BCUT2D eigenvalue weighted by atomic mass is 10.1. The van der Waals surface area contributed by atoms with Crippen LogP contribution >= 0.6 is 0 Å². The lowest BCUT2D eigenvalue weighted by Crippen LogP contribution is -2.48. The molecular formula is C11H15F2NO4. The Kier molecular flexibility index (Phi) is 4.63. The van der Waals surface area contributed by atoms with Gasteiger partial charge in [-0.25, -0.2) is 18.4 Å². The molecule has 0 aromatic heterocycles. The molecule has 102 valence electrons. The summed E-state index contributed by atoms with van der Waals surface area (Å²) in [5, 5.41) is 8.96. The zero-order valence-corrected chi connectivity index (χ0v) is 9.77. The third-order valence-corrected chi connectivity index (χ3v) is 2.64. The predicted molar refractivity (Wildman–Crippen MR) is 58.5 cm³/mol. The second kappa shape index (κ2) is 5.79. The second-order valence-electron chi connectivity index (χ2n) is 4.10. The molecule has 1 saturated heterocycles. The Morgan fingerprint density at radius 2 is 2.22 bits per heavy atom. The van der Waals surface area contributed by atoms with Gasteiger partial charge in [0.25, 0.3) is 5.92 Å². The second-order valence-corrected chi connectivity index (χ2v) is 4.10. The van der Waals surface area contributed by atoms with E-state index in [1.54, 1.807) is 0 Å². The van der Waals surface area contributed by atoms with Crippen molar-refractivity contribution < 1.29 is 28.2 Å². The highest BCUT2D eigenvalue weighted by Gasteiger charge is 2.42. The zero-order valence-electron chi connectivity index (χ0n) is 9.77. The molecule has 0 saturated carbocycles. The van der Waals surface area contributed by atoms with Crippen molar-refractivity contribution in [2.45, 2.75) is 31.2 Å². The Hall–Kier alpha value is -1.66. The first-order chi connectivity index (χ1) is 8.37. The van der Waals surface area contributed by atoms with Crippen LogP contribution in [-0.2, 0) is 9.53 Å². The normalized spacial score (nSPS) is 23.0. The standard InChI is InChI=1S/C11H15F2NO4/c1-2-6-18-10(17)14-7-11(12,13)5-3-4-8(14)9(15)16/h2,8H,1,3-7H2,(H,15,16). The highest BCUT2D eigenvalue weighted by atomic mass is 19.3. The maximum Gasteiger partial charge on any atom is 0.411 e. The Morgan fingerprint density at radius 3 is 2.78 bits per heavy atom. The summed E-state index contributed by atoms with van der Waals surface area (Å²) in [6, 6.07) is -1.27. The van der Waals surface area contributed by atoms with Gasteiger partial charge in [0, 0.05) is 6.42 Å². The van der Waals surface area contributed by atoms with Crippen LogP contribution in [0.2, 0.25) is 0 Å². The third-order valence-electron chi connectivity index (χ3n) is 2.64. The molecule has 1 atom stereocenters. The van der Waals surface area contributed by atoms with Gasteiger partial charge in [0.05, 0.1) is 6.54 Å². The summed E-state index contributed by atoms with van der Waals surface area (Å²) in [7, 11) is 0. The molecule has 0 aliphatic carbocycles. The first-order valence-corrected chi connectivity index (χ1v) is 5.52. The third kappa shape index (κ3) is 3.68. The van der Waals surface area contributed by atoms with Crippen molar-refractivity contribution in [1.29, 1.82) is 0 Å². The largest absolute Gasteiger partial charge is 0.480 e. The zero-order chi connectivity index (χ0) is 13.8. The highest BCUT2D eigenvalue weighted by Crippen LogP contribution is 2.29. The van der Waals surface area contributed by atoms with E-state index in [0.29, 0.717) is 4.90 Å². The van der Waals surface area contributed by atoms with Gasteiger partial charge >= 0.3 is 12.1 Å². The summed E-state index contributed by atoms with van der Waals surface area (Å²) in [6.45, 7) is 2.24. The minimum absolute atomic E-state index is 0.00584. The van der Waals surface area contributed by atoms with Crippen molar-refractivity contribution in [1.82, 2.24) is 4.90 Å². The number of halogens is 2. The highest BCUT2D eigenvalue weighted by molar-refractivity contribution is 5.80. The fraction of sp³-hybridized carbons (Fsp3) is 0.636. The molecule has 0 spiro atoms.